The van der Waals surface area contributed by atoms with E-state index in [0.29, 0.717) is 38.2 Å². The Bertz CT molecular complexity index is 424. The van der Waals surface area contributed by atoms with Crippen LogP contribution in [0.15, 0.2) is 18.2 Å². The van der Waals surface area contributed by atoms with Crippen LogP contribution in [0.2, 0.25) is 0 Å². The fourth-order valence-electron chi connectivity index (χ4n) is 2.09. The summed E-state index contributed by atoms with van der Waals surface area (Å²) >= 11 is 0. The van der Waals surface area contributed by atoms with Crippen molar-refractivity contribution in [2.24, 2.45) is 0 Å². The van der Waals surface area contributed by atoms with E-state index in [9.17, 15) is 5.11 Å². The van der Waals surface area contributed by atoms with Gasteiger partial charge in [0.15, 0.2) is 11.5 Å². The highest BCUT2D eigenvalue weighted by molar-refractivity contribution is 5.44. The van der Waals surface area contributed by atoms with E-state index in [2.05, 4.69) is 12.2 Å². The summed E-state index contributed by atoms with van der Waals surface area (Å²) in [5, 5.41) is 13.5. The molecule has 2 rings (SSSR count). The molecule has 20 heavy (non-hydrogen) atoms. The monoisotopic (exact) mass is 281 g/mol. The molecule has 0 amide bonds. The van der Waals surface area contributed by atoms with Gasteiger partial charge in [-0.1, -0.05) is 6.07 Å². The Labute approximate surface area is 119 Å². The molecule has 2 unspecified atom stereocenters. The van der Waals surface area contributed by atoms with Gasteiger partial charge in [-0.15, -0.1) is 0 Å². The third-order valence-electron chi connectivity index (χ3n) is 3.37. The van der Waals surface area contributed by atoms with Gasteiger partial charge in [0.1, 0.15) is 13.2 Å². The van der Waals surface area contributed by atoms with Gasteiger partial charge >= 0.3 is 0 Å². The van der Waals surface area contributed by atoms with E-state index in [0.717, 1.165) is 17.7 Å². The Hall–Kier alpha value is -1.30. The zero-order valence-corrected chi connectivity index (χ0v) is 12.1. The first-order valence-corrected chi connectivity index (χ1v) is 7.00. The second-order valence-electron chi connectivity index (χ2n) is 5.01. The first kappa shape index (κ1) is 15.1. The fourth-order valence-corrected chi connectivity index (χ4v) is 2.09. The van der Waals surface area contributed by atoms with Crippen LogP contribution in [0.4, 0.5) is 0 Å². The number of hydrogen-bond donors (Lipinski definition) is 2. The van der Waals surface area contributed by atoms with Crippen molar-refractivity contribution in [1.29, 1.82) is 0 Å². The molecule has 0 bridgehead atoms. The van der Waals surface area contributed by atoms with Gasteiger partial charge in [-0.3, -0.25) is 0 Å². The zero-order chi connectivity index (χ0) is 14.4. The summed E-state index contributed by atoms with van der Waals surface area (Å²) in [7, 11) is 1.69. The molecule has 5 heteroatoms. The Morgan fingerprint density at radius 2 is 2.05 bits per heavy atom. The molecule has 2 atom stereocenters. The van der Waals surface area contributed by atoms with Crippen molar-refractivity contribution in [3.8, 4) is 11.5 Å². The van der Waals surface area contributed by atoms with E-state index in [4.69, 9.17) is 14.2 Å². The van der Waals surface area contributed by atoms with Gasteiger partial charge in [-0.05, 0) is 31.0 Å². The van der Waals surface area contributed by atoms with Gasteiger partial charge in [0.25, 0.3) is 0 Å². The topological polar surface area (TPSA) is 60.0 Å². The number of hydrogen-bond acceptors (Lipinski definition) is 5. The Kier molecular flexibility index (Phi) is 5.64. The van der Waals surface area contributed by atoms with Gasteiger partial charge < -0.3 is 24.6 Å². The van der Waals surface area contributed by atoms with E-state index in [-0.39, 0.29) is 0 Å². The van der Waals surface area contributed by atoms with Crippen LogP contribution in [0.1, 0.15) is 25.0 Å². The Balaban J connectivity index is 1.87. The minimum atomic E-state index is -0.559. The highest BCUT2D eigenvalue weighted by atomic mass is 16.6. The third-order valence-corrected chi connectivity index (χ3v) is 3.37. The van der Waals surface area contributed by atoms with Crippen molar-refractivity contribution in [3.63, 3.8) is 0 Å². The molecule has 1 aromatic carbocycles. The third kappa shape index (κ3) is 4.10. The summed E-state index contributed by atoms with van der Waals surface area (Å²) in [4.78, 5) is 0. The molecule has 0 radical (unpaired) electrons. The lowest BCUT2D eigenvalue weighted by molar-refractivity contribution is 0.154. The van der Waals surface area contributed by atoms with Gasteiger partial charge in [0.2, 0.25) is 0 Å². The largest absolute Gasteiger partial charge is 0.486 e. The summed E-state index contributed by atoms with van der Waals surface area (Å²) < 4.78 is 16.0. The SMILES string of the molecule is COCCC(C)NCC(O)c1ccc2c(c1)OCCO2. The minimum Gasteiger partial charge on any atom is -0.486 e. The zero-order valence-electron chi connectivity index (χ0n) is 12.1. The average Bonchev–Trinajstić information content (AvgIpc) is 2.50. The van der Waals surface area contributed by atoms with E-state index in [1.165, 1.54) is 0 Å². The van der Waals surface area contributed by atoms with E-state index in [1.54, 1.807) is 7.11 Å². The molecule has 112 valence electrons. The molecular formula is C15H23NO4. The molecule has 2 N–H and O–H groups in total. The maximum absolute atomic E-state index is 10.2. The summed E-state index contributed by atoms with van der Waals surface area (Å²) in [5.74, 6) is 1.45. The molecule has 0 spiro atoms. The number of benzene rings is 1. The van der Waals surface area contributed by atoms with Gasteiger partial charge in [-0.2, -0.15) is 0 Å². The lowest BCUT2D eigenvalue weighted by Gasteiger charge is -2.21. The van der Waals surface area contributed by atoms with Crippen LogP contribution in [0.3, 0.4) is 0 Å². The lowest BCUT2D eigenvalue weighted by Crippen LogP contribution is -2.31. The minimum absolute atomic E-state index is 0.307. The number of aliphatic hydroxyl groups excluding tert-OH is 1. The highest BCUT2D eigenvalue weighted by Crippen LogP contribution is 2.32. The number of aliphatic hydroxyl groups is 1. The predicted octanol–water partition coefficient (Wildman–Crippen LogP) is 1.51. The average molecular weight is 281 g/mol. The van der Waals surface area contributed by atoms with Crippen molar-refractivity contribution in [3.05, 3.63) is 23.8 Å². The first-order valence-electron chi connectivity index (χ1n) is 7.00. The van der Waals surface area contributed by atoms with Crippen molar-refractivity contribution >= 4 is 0 Å². The lowest BCUT2D eigenvalue weighted by atomic mass is 10.1. The van der Waals surface area contributed by atoms with Crippen molar-refractivity contribution in [2.45, 2.75) is 25.5 Å². The summed E-state index contributed by atoms with van der Waals surface area (Å²) in [6.45, 7) is 4.43. The number of nitrogens with one attached hydrogen (secondary N) is 1. The van der Waals surface area contributed by atoms with E-state index in [1.807, 2.05) is 18.2 Å². The summed E-state index contributed by atoms with van der Waals surface area (Å²) in [5.41, 5.74) is 0.834. The van der Waals surface area contributed by atoms with Gasteiger partial charge in [0.05, 0.1) is 6.10 Å². The fraction of sp³-hybridized carbons (Fsp3) is 0.600. The molecular weight excluding hydrogens is 258 g/mol. The first-order chi connectivity index (χ1) is 9.70. The van der Waals surface area contributed by atoms with Crippen LogP contribution in [0, 0.1) is 0 Å². The molecule has 0 aliphatic carbocycles. The summed E-state index contributed by atoms with van der Waals surface area (Å²) in [6, 6.07) is 5.88. The van der Waals surface area contributed by atoms with Gasteiger partial charge in [-0.25, -0.2) is 0 Å². The summed E-state index contributed by atoms with van der Waals surface area (Å²) in [6.07, 6.45) is 0.362. The predicted molar refractivity (Wildman–Crippen MR) is 76.3 cm³/mol. The smallest absolute Gasteiger partial charge is 0.161 e. The maximum atomic E-state index is 10.2. The molecule has 0 saturated heterocycles. The second kappa shape index (κ2) is 7.47. The van der Waals surface area contributed by atoms with Crippen molar-refractivity contribution in [2.75, 3.05) is 33.5 Å². The Morgan fingerprint density at radius 3 is 2.80 bits per heavy atom. The molecule has 1 heterocycles. The van der Waals surface area contributed by atoms with Crippen molar-refractivity contribution < 1.29 is 19.3 Å². The number of ether oxygens (including phenoxy) is 3. The molecule has 0 saturated carbocycles. The maximum Gasteiger partial charge on any atom is 0.161 e. The quantitative estimate of drug-likeness (QED) is 0.793. The van der Waals surface area contributed by atoms with Crippen LogP contribution >= 0.6 is 0 Å². The number of fused-ring (bicyclic) bond motifs is 1. The van der Waals surface area contributed by atoms with Crippen LogP contribution in [-0.2, 0) is 4.74 Å². The molecule has 0 aromatic heterocycles. The van der Waals surface area contributed by atoms with E-state index < -0.39 is 6.10 Å². The normalized spacial score (nSPS) is 16.8. The molecule has 1 aliphatic heterocycles. The van der Waals surface area contributed by atoms with Crippen LogP contribution in [-0.4, -0.2) is 44.6 Å². The molecule has 0 fully saturated rings. The van der Waals surface area contributed by atoms with Crippen molar-refractivity contribution in [1.82, 2.24) is 5.32 Å². The standard InChI is InChI=1S/C15H23NO4/c1-11(5-6-18-2)16-10-13(17)12-3-4-14-15(9-12)20-8-7-19-14/h3-4,9,11,13,16-17H,5-8,10H2,1-2H3. The molecule has 1 aromatic rings. The van der Waals surface area contributed by atoms with Crippen LogP contribution in [0.25, 0.3) is 0 Å². The highest BCUT2D eigenvalue weighted by Gasteiger charge is 2.15. The van der Waals surface area contributed by atoms with Crippen LogP contribution in [0.5, 0.6) is 11.5 Å². The second-order valence-corrected chi connectivity index (χ2v) is 5.01. The van der Waals surface area contributed by atoms with Gasteiger partial charge in [0, 0.05) is 26.3 Å². The number of methoxy groups -OCH3 is 1. The molecule has 5 nitrogen and oxygen atoms in total. The van der Waals surface area contributed by atoms with E-state index >= 15 is 0 Å². The van der Waals surface area contributed by atoms with Crippen LogP contribution < -0.4 is 14.8 Å². The number of rotatable bonds is 7. The molecule has 1 aliphatic rings. The Morgan fingerprint density at radius 1 is 1.30 bits per heavy atom.